The maximum absolute atomic E-state index is 13.5. The highest BCUT2D eigenvalue weighted by atomic mass is 19.4. The highest BCUT2D eigenvalue weighted by molar-refractivity contribution is 5.95. The third kappa shape index (κ3) is 2.35. The van der Waals surface area contributed by atoms with Gasteiger partial charge in [-0.2, -0.15) is 23.3 Å². The predicted octanol–water partition coefficient (Wildman–Crippen LogP) is 2.92. The Kier molecular flexibility index (Phi) is 3.64. The molecule has 1 fully saturated rings. The van der Waals surface area contributed by atoms with E-state index in [1.54, 1.807) is 6.92 Å². The van der Waals surface area contributed by atoms with Gasteiger partial charge in [-0.1, -0.05) is 34.1 Å². The van der Waals surface area contributed by atoms with E-state index >= 15 is 0 Å². The number of hydrazone groups is 1. The molecule has 1 amide bonds. The summed E-state index contributed by atoms with van der Waals surface area (Å²) >= 11 is 0. The second kappa shape index (κ2) is 4.69. The molecule has 21 heavy (non-hydrogen) atoms. The van der Waals surface area contributed by atoms with Gasteiger partial charge in [-0.05, 0) is 18.8 Å². The van der Waals surface area contributed by atoms with Crippen LogP contribution in [0.5, 0.6) is 0 Å². The number of alkyl halides is 3. The minimum absolute atomic E-state index is 0.157. The van der Waals surface area contributed by atoms with Gasteiger partial charge in [0.15, 0.2) is 0 Å². The molecule has 4 nitrogen and oxygen atoms in total. The van der Waals surface area contributed by atoms with E-state index in [2.05, 4.69) is 5.10 Å². The molecule has 0 bridgehead atoms. The van der Waals surface area contributed by atoms with E-state index in [0.29, 0.717) is 12.1 Å². The first-order valence-corrected chi connectivity index (χ1v) is 7.13. The van der Waals surface area contributed by atoms with Crippen molar-refractivity contribution < 1.29 is 23.1 Å². The number of carbonyl (C=O) groups excluding carboxylic acids is 1. The van der Waals surface area contributed by atoms with Crippen LogP contribution in [0.15, 0.2) is 5.10 Å². The van der Waals surface area contributed by atoms with Gasteiger partial charge < -0.3 is 5.11 Å². The average molecular weight is 306 g/mol. The van der Waals surface area contributed by atoms with Crippen LogP contribution in [0.2, 0.25) is 0 Å². The highest BCUT2D eigenvalue weighted by Crippen LogP contribution is 2.50. The number of aliphatic hydroxyl groups is 1. The number of rotatable bonds is 0. The van der Waals surface area contributed by atoms with Crippen LogP contribution < -0.4 is 0 Å². The monoisotopic (exact) mass is 306 g/mol. The Morgan fingerprint density at radius 3 is 2.38 bits per heavy atom. The lowest BCUT2D eigenvalue weighted by Gasteiger charge is -2.40. The lowest BCUT2D eigenvalue weighted by molar-refractivity contribution is -0.318. The topological polar surface area (TPSA) is 52.9 Å². The molecule has 0 aromatic carbocycles. The lowest BCUT2D eigenvalue weighted by Crippen LogP contribution is -2.63. The van der Waals surface area contributed by atoms with Crippen LogP contribution in [0, 0.1) is 17.3 Å². The largest absolute Gasteiger partial charge is 0.439 e. The summed E-state index contributed by atoms with van der Waals surface area (Å²) in [5, 5.41) is 14.6. The fourth-order valence-electron chi connectivity index (χ4n) is 3.02. The number of nitrogens with zero attached hydrogens (tertiary/aromatic N) is 2. The van der Waals surface area contributed by atoms with Crippen molar-refractivity contribution in [2.75, 3.05) is 0 Å². The van der Waals surface area contributed by atoms with Crippen molar-refractivity contribution >= 4 is 11.6 Å². The normalized spacial score (nSPS) is 33.7. The molecule has 0 aromatic rings. The van der Waals surface area contributed by atoms with E-state index in [9.17, 15) is 23.1 Å². The Labute approximate surface area is 122 Å². The smallest absolute Gasteiger partial charge is 0.362 e. The fraction of sp³-hybridized carbons (Fsp3) is 0.857. The molecule has 1 aliphatic carbocycles. The van der Waals surface area contributed by atoms with Crippen molar-refractivity contribution in [1.82, 2.24) is 5.01 Å². The van der Waals surface area contributed by atoms with Crippen LogP contribution in [0.1, 0.15) is 47.0 Å². The fourth-order valence-corrected chi connectivity index (χ4v) is 3.02. The molecule has 7 heteroatoms. The summed E-state index contributed by atoms with van der Waals surface area (Å²) in [5.74, 6) is -2.14. The van der Waals surface area contributed by atoms with Gasteiger partial charge in [0.25, 0.3) is 11.6 Å². The first-order valence-electron chi connectivity index (χ1n) is 7.13. The molecule has 2 rings (SSSR count). The van der Waals surface area contributed by atoms with Crippen LogP contribution >= 0.6 is 0 Å². The summed E-state index contributed by atoms with van der Waals surface area (Å²) in [6, 6.07) is 0. The van der Waals surface area contributed by atoms with E-state index in [0.717, 1.165) is 6.42 Å². The Hall–Kier alpha value is -1.11. The molecule has 1 heterocycles. The van der Waals surface area contributed by atoms with Crippen LogP contribution in [0.3, 0.4) is 0 Å². The Morgan fingerprint density at radius 1 is 1.33 bits per heavy atom. The number of carbonyl (C=O) groups is 1. The number of fused-ring (bicyclic) bond motifs is 1. The Balaban J connectivity index is 2.53. The Bertz CT molecular complexity index is 482. The molecule has 0 spiro atoms. The van der Waals surface area contributed by atoms with Gasteiger partial charge in [-0.3, -0.25) is 4.79 Å². The predicted molar refractivity (Wildman–Crippen MR) is 71.2 cm³/mol. The molecule has 0 radical (unpaired) electrons. The highest BCUT2D eigenvalue weighted by Gasteiger charge is 2.69. The first-order chi connectivity index (χ1) is 9.40. The van der Waals surface area contributed by atoms with Crippen molar-refractivity contribution in [3.63, 3.8) is 0 Å². The van der Waals surface area contributed by atoms with Crippen molar-refractivity contribution in [1.29, 1.82) is 0 Å². The summed E-state index contributed by atoms with van der Waals surface area (Å²) in [5.41, 5.74) is -3.99. The number of hydrogen-bond donors (Lipinski definition) is 1. The number of amides is 1. The summed E-state index contributed by atoms with van der Waals surface area (Å²) < 4.78 is 40.6. The second-order valence-electron chi connectivity index (χ2n) is 7.00. The zero-order valence-corrected chi connectivity index (χ0v) is 12.7. The molecular formula is C14H21F3N2O2. The van der Waals surface area contributed by atoms with Crippen molar-refractivity contribution in [2.45, 2.75) is 58.9 Å². The van der Waals surface area contributed by atoms with Crippen molar-refractivity contribution in [3.05, 3.63) is 0 Å². The third-order valence-corrected chi connectivity index (χ3v) is 4.27. The van der Waals surface area contributed by atoms with Gasteiger partial charge in [-0.25, -0.2) is 0 Å². The van der Waals surface area contributed by atoms with Gasteiger partial charge >= 0.3 is 6.18 Å². The van der Waals surface area contributed by atoms with Gasteiger partial charge in [0, 0.05) is 11.1 Å². The second-order valence-corrected chi connectivity index (χ2v) is 7.00. The maximum Gasteiger partial charge on any atom is 0.439 e. The van der Waals surface area contributed by atoms with E-state index < -0.39 is 29.1 Å². The van der Waals surface area contributed by atoms with Gasteiger partial charge in [0.05, 0.1) is 5.92 Å². The molecule has 3 unspecified atom stereocenters. The Morgan fingerprint density at radius 2 is 1.90 bits per heavy atom. The lowest BCUT2D eigenvalue weighted by atomic mass is 9.75. The molecule has 1 N–H and O–H groups in total. The van der Waals surface area contributed by atoms with Crippen LogP contribution in [0.25, 0.3) is 0 Å². The summed E-state index contributed by atoms with van der Waals surface area (Å²) in [6.45, 7) is 6.32. The van der Waals surface area contributed by atoms with Crippen LogP contribution in [0.4, 0.5) is 13.2 Å². The van der Waals surface area contributed by atoms with Crippen LogP contribution in [-0.4, -0.2) is 33.6 Å². The molecular weight excluding hydrogens is 285 g/mol. The maximum atomic E-state index is 13.5. The molecule has 0 saturated heterocycles. The molecule has 2 aliphatic rings. The summed E-state index contributed by atoms with van der Waals surface area (Å²) in [6.07, 6.45) is -3.45. The summed E-state index contributed by atoms with van der Waals surface area (Å²) in [7, 11) is 0. The third-order valence-electron chi connectivity index (χ3n) is 4.27. The van der Waals surface area contributed by atoms with E-state index in [1.807, 2.05) is 0 Å². The van der Waals surface area contributed by atoms with E-state index in [1.165, 1.54) is 20.8 Å². The molecule has 1 aliphatic heterocycles. The van der Waals surface area contributed by atoms with Gasteiger partial charge in [-0.15, -0.1) is 0 Å². The zero-order valence-electron chi connectivity index (χ0n) is 12.7. The molecule has 120 valence electrons. The molecule has 3 atom stereocenters. The summed E-state index contributed by atoms with van der Waals surface area (Å²) in [4.78, 5) is 12.3. The minimum Gasteiger partial charge on any atom is -0.362 e. The van der Waals surface area contributed by atoms with E-state index in [-0.39, 0.29) is 17.3 Å². The minimum atomic E-state index is -4.94. The van der Waals surface area contributed by atoms with Gasteiger partial charge in [0.2, 0.25) is 0 Å². The van der Waals surface area contributed by atoms with Crippen LogP contribution in [-0.2, 0) is 4.79 Å². The SMILES string of the molecule is CC1CCCC2C1=NN(C(=O)C(C)(C)C)C2(O)C(F)(F)F. The number of hydrogen-bond acceptors (Lipinski definition) is 3. The quantitative estimate of drug-likeness (QED) is 0.748. The van der Waals surface area contributed by atoms with Crippen molar-refractivity contribution in [2.24, 2.45) is 22.4 Å². The first kappa shape index (κ1) is 16.3. The van der Waals surface area contributed by atoms with Crippen molar-refractivity contribution in [3.8, 4) is 0 Å². The molecule has 1 saturated carbocycles. The molecule has 0 aromatic heterocycles. The standard InChI is InChI=1S/C14H21F3N2O2/c1-8-6-5-7-9-10(8)18-19(11(20)12(2,3)4)13(9,21)14(15,16)17/h8-9,21H,5-7H2,1-4H3. The van der Waals surface area contributed by atoms with Gasteiger partial charge in [0.1, 0.15) is 0 Å². The average Bonchev–Trinajstić information content (AvgIpc) is 2.63. The number of halogens is 3. The zero-order chi connectivity index (χ0) is 16.2. The van der Waals surface area contributed by atoms with E-state index in [4.69, 9.17) is 0 Å².